The van der Waals surface area contributed by atoms with Crippen LogP contribution in [-0.2, 0) is 4.79 Å². The molecule has 2 heteroatoms. The number of nitrogens with one attached hydrogen (secondary N) is 1. The van der Waals surface area contributed by atoms with Gasteiger partial charge < -0.3 is 5.32 Å². The predicted octanol–water partition coefficient (Wildman–Crippen LogP) is 1.72. The molecule has 1 unspecified atom stereocenters. The van der Waals surface area contributed by atoms with Crippen molar-refractivity contribution >= 4 is 5.91 Å². The van der Waals surface area contributed by atoms with Crippen molar-refractivity contribution in [2.24, 2.45) is 5.92 Å². The van der Waals surface area contributed by atoms with E-state index < -0.39 is 0 Å². The SMILES string of the molecule is C=CC(=O)NCC(C)CCC. The Kier molecular flexibility index (Phi) is 5.53. The van der Waals surface area contributed by atoms with E-state index in [1.807, 2.05) is 0 Å². The summed E-state index contributed by atoms with van der Waals surface area (Å²) in [5.41, 5.74) is 0. The first-order chi connectivity index (χ1) is 5.20. The van der Waals surface area contributed by atoms with Crippen LogP contribution in [0.15, 0.2) is 12.7 Å². The number of carbonyl (C=O) groups is 1. The molecule has 1 amide bonds. The second-order valence-electron chi connectivity index (χ2n) is 2.84. The molecule has 0 radical (unpaired) electrons. The van der Waals surface area contributed by atoms with E-state index in [2.05, 4.69) is 25.7 Å². The quantitative estimate of drug-likeness (QED) is 0.602. The fourth-order valence-electron chi connectivity index (χ4n) is 0.942. The third-order valence-electron chi connectivity index (χ3n) is 1.59. The van der Waals surface area contributed by atoms with Gasteiger partial charge in [-0.2, -0.15) is 0 Å². The minimum Gasteiger partial charge on any atom is -0.352 e. The van der Waals surface area contributed by atoms with Crippen LogP contribution in [0, 0.1) is 5.92 Å². The lowest BCUT2D eigenvalue weighted by Crippen LogP contribution is -2.26. The maximum absolute atomic E-state index is 10.7. The Hall–Kier alpha value is -0.790. The van der Waals surface area contributed by atoms with Gasteiger partial charge in [-0.3, -0.25) is 4.79 Å². The van der Waals surface area contributed by atoms with E-state index in [9.17, 15) is 4.79 Å². The van der Waals surface area contributed by atoms with Crippen LogP contribution in [0.1, 0.15) is 26.7 Å². The largest absolute Gasteiger partial charge is 0.352 e. The lowest BCUT2D eigenvalue weighted by atomic mass is 10.1. The van der Waals surface area contributed by atoms with Crippen molar-refractivity contribution in [1.82, 2.24) is 5.32 Å². The van der Waals surface area contributed by atoms with Crippen LogP contribution < -0.4 is 5.32 Å². The minimum atomic E-state index is -0.0760. The summed E-state index contributed by atoms with van der Waals surface area (Å²) in [7, 11) is 0. The Morgan fingerprint density at radius 3 is 2.82 bits per heavy atom. The van der Waals surface area contributed by atoms with Gasteiger partial charge >= 0.3 is 0 Å². The first kappa shape index (κ1) is 10.2. The molecule has 0 rings (SSSR count). The average molecular weight is 155 g/mol. The maximum Gasteiger partial charge on any atom is 0.243 e. The minimum absolute atomic E-state index is 0.0760. The molecule has 0 spiro atoms. The van der Waals surface area contributed by atoms with Crippen LogP contribution in [0.2, 0.25) is 0 Å². The van der Waals surface area contributed by atoms with E-state index in [-0.39, 0.29) is 5.91 Å². The van der Waals surface area contributed by atoms with Crippen LogP contribution >= 0.6 is 0 Å². The fourth-order valence-corrected chi connectivity index (χ4v) is 0.942. The standard InChI is InChI=1S/C9H17NO/c1-4-6-8(3)7-10-9(11)5-2/h5,8H,2,4,6-7H2,1,3H3,(H,10,11). The highest BCUT2D eigenvalue weighted by Gasteiger charge is 2.00. The van der Waals surface area contributed by atoms with Crippen molar-refractivity contribution in [3.05, 3.63) is 12.7 Å². The Labute approximate surface area is 68.7 Å². The number of hydrogen-bond acceptors (Lipinski definition) is 1. The van der Waals surface area contributed by atoms with E-state index in [0.29, 0.717) is 5.92 Å². The van der Waals surface area contributed by atoms with Gasteiger partial charge in [0.2, 0.25) is 5.91 Å². The number of amides is 1. The summed E-state index contributed by atoms with van der Waals surface area (Å²) in [5.74, 6) is 0.497. The van der Waals surface area contributed by atoms with Crippen molar-refractivity contribution in [2.75, 3.05) is 6.54 Å². The normalized spacial score (nSPS) is 12.2. The predicted molar refractivity (Wildman–Crippen MR) is 47.3 cm³/mol. The monoisotopic (exact) mass is 155 g/mol. The van der Waals surface area contributed by atoms with Crippen LogP contribution in [0.3, 0.4) is 0 Å². The highest BCUT2D eigenvalue weighted by molar-refractivity contribution is 5.86. The Morgan fingerprint density at radius 1 is 1.73 bits per heavy atom. The molecule has 0 aromatic rings. The van der Waals surface area contributed by atoms with Crippen molar-refractivity contribution in [3.63, 3.8) is 0 Å². The summed E-state index contributed by atoms with van der Waals surface area (Å²) in [6.45, 7) is 8.41. The molecule has 0 saturated carbocycles. The van der Waals surface area contributed by atoms with E-state index in [1.165, 1.54) is 12.5 Å². The van der Waals surface area contributed by atoms with Gasteiger partial charge in [0.25, 0.3) is 0 Å². The zero-order valence-electron chi connectivity index (χ0n) is 7.39. The highest BCUT2D eigenvalue weighted by atomic mass is 16.1. The van der Waals surface area contributed by atoms with E-state index in [1.54, 1.807) is 0 Å². The van der Waals surface area contributed by atoms with Crippen molar-refractivity contribution in [1.29, 1.82) is 0 Å². The first-order valence-electron chi connectivity index (χ1n) is 4.11. The van der Waals surface area contributed by atoms with Gasteiger partial charge in [-0.1, -0.05) is 26.8 Å². The fraction of sp³-hybridized carbons (Fsp3) is 0.667. The van der Waals surface area contributed by atoms with Gasteiger partial charge in [-0.05, 0) is 18.4 Å². The Morgan fingerprint density at radius 2 is 2.36 bits per heavy atom. The molecule has 1 N–H and O–H groups in total. The molecular weight excluding hydrogens is 138 g/mol. The maximum atomic E-state index is 10.7. The van der Waals surface area contributed by atoms with Crippen LogP contribution in [0.5, 0.6) is 0 Å². The molecular formula is C9H17NO. The summed E-state index contributed by atoms with van der Waals surface area (Å²) in [5, 5.41) is 2.76. The third-order valence-corrected chi connectivity index (χ3v) is 1.59. The van der Waals surface area contributed by atoms with E-state index in [4.69, 9.17) is 0 Å². The van der Waals surface area contributed by atoms with Crippen molar-refractivity contribution < 1.29 is 4.79 Å². The van der Waals surface area contributed by atoms with Gasteiger partial charge in [-0.25, -0.2) is 0 Å². The second kappa shape index (κ2) is 5.96. The zero-order chi connectivity index (χ0) is 8.69. The molecule has 0 aliphatic carbocycles. The summed E-state index contributed by atoms with van der Waals surface area (Å²) >= 11 is 0. The highest BCUT2D eigenvalue weighted by Crippen LogP contribution is 2.02. The molecule has 0 aromatic carbocycles. The molecule has 0 aromatic heterocycles. The van der Waals surface area contributed by atoms with Crippen LogP contribution in [0.4, 0.5) is 0 Å². The molecule has 11 heavy (non-hydrogen) atoms. The summed E-state index contributed by atoms with van der Waals surface area (Å²) in [4.78, 5) is 10.7. The van der Waals surface area contributed by atoms with E-state index in [0.717, 1.165) is 13.0 Å². The number of carbonyl (C=O) groups excluding carboxylic acids is 1. The summed E-state index contributed by atoms with van der Waals surface area (Å²) < 4.78 is 0. The second-order valence-corrected chi connectivity index (χ2v) is 2.84. The average Bonchev–Trinajstić information content (AvgIpc) is 2.01. The van der Waals surface area contributed by atoms with E-state index >= 15 is 0 Å². The summed E-state index contributed by atoms with van der Waals surface area (Å²) in [6.07, 6.45) is 3.64. The van der Waals surface area contributed by atoms with Gasteiger partial charge in [0.15, 0.2) is 0 Å². The molecule has 0 aliphatic rings. The molecule has 0 heterocycles. The van der Waals surface area contributed by atoms with Gasteiger partial charge in [0.05, 0.1) is 0 Å². The number of hydrogen-bond donors (Lipinski definition) is 1. The van der Waals surface area contributed by atoms with Crippen LogP contribution in [0.25, 0.3) is 0 Å². The molecule has 2 nitrogen and oxygen atoms in total. The molecule has 0 bridgehead atoms. The van der Waals surface area contributed by atoms with Crippen molar-refractivity contribution in [3.8, 4) is 0 Å². The van der Waals surface area contributed by atoms with Crippen LogP contribution in [-0.4, -0.2) is 12.5 Å². The zero-order valence-corrected chi connectivity index (χ0v) is 7.39. The van der Waals surface area contributed by atoms with Gasteiger partial charge in [-0.15, -0.1) is 0 Å². The summed E-state index contributed by atoms with van der Waals surface area (Å²) in [6, 6.07) is 0. The smallest absolute Gasteiger partial charge is 0.243 e. The number of rotatable bonds is 5. The molecule has 0 fully saturated rings. The molecule has 64 valence electrons. The molecule has 1 atom stereocenters. The van der Waals surface area contributed by atoms with Gasteiger partial charge in [0, 0.05) is 6.54 Å². The Balaban J connectivity index is 3.37. The third kappa shape index (κ3) is 5.64. The topological polar surface area (TPSA) is 29.1 Å². The van der Waals surface area contributed by atoms with Gasteiger partial charge in [0.1, 0.15) is 0 Å². The first-order valence-corrected chi connectivity index (χ1v) is 4.11. The lowest BCUT2D eigenvalue weighted by Gasteiger charge is -2.09. The Bertz CT molecular complexity index is 132. The molecule has 0 saturated heterocycles. The van der Waals surface area contributed by atoms with Crippen molar-refractivity contribution in [2.45, 2.75) is 26.7 Å². The molecule has 0 aliphatic heterocycles. The lowest BCUT2D eigenvalue weighted by molar-refractivity contribution is -0.116.